The molecule has 23 heavy (non-hydrogen) atoms. The number of benzene rings is 1. The van der Waals surface area contributed by atoms with Gasteiger partial charge in [-0.2, -0.15) is 0 Å². The first-order valence-corrected chi connectivity index (χ1v) is 8.70. The highest BCUT2D eigenvalue weighted by Crippen LogP contribution is 2.32. The molecule has 1 aromatic carbocycles. The van der Waals surface area contributed by atoms with Crippen LogP contribution in [0.25, 0.3) is 10.6 Å². The second-order valence-corrected chi connectivity index (χ2v) is 6.86. The van der Waals surface area contributed by atoms with E-state index < -0.39 is 0 Å². The summed E-state index contributed by atoms with van der Waals surface area (Å²) in [5, 5.41) is 1.95. The van der Waals surface area contributed by atoms with Gasteiger partial charge < -0.3 is 4.74 Å². The van der Waals surface area contributed by atoms with Gasteiger partial charge in [0.2, 0.25) is 5.88 Å². The van der Waals surface area contributed by atoms with E-state index in [0.29, 0.717) is 21.8 Å². The number of ether oxygens (including phenoxy) is 1. The summed E-state index contributed by atoms with van der Waals surface area (Å²) in [6.07, 6.45) is 0.969. The highest BCUT2D eigenvalue weighted by molar-refractivity contribution is 7.15. The molecule has 0 spiro atoms. The predicted molar refractivity (Wildman–Crippen MR) is 96.0 cm³/mol. The number of thiazole rings is 1. The number of aromatic nitrogens is 2. The zero-order valence-electron chi connectivity index (χ0n) is 12.6. The summed E-state index contributed by atoms with van der Waals surface area (Å²) < 4.78 is 5.76. The highest BCUT2D eigenvalue weighted by atomic mass is 35.5. The number of aryl methyl sites for hydroxylation is 2. The number of pyridine rings is 1. The Hall–Kier alpha value is -1.62. The highest BCUT2D eigenvalue weighted by Gasteiger charge is 2.11. The molecule has 3 aromatic rings. The van der Waals surface area contributed by atoms with Gasteiger partial charge in [0.05, 0.1) is 5.69 Å². The second-order valence-electron chi connectivity index (χ2n) is 4.95. The summed E-state index contributed by atoms with van der Waals surface area (Å²) in [4.78, 5) is 10.1. The minimum atomic E-state index is 0.373. The van der Waals surface area contributed by atoms with Gasteiger partial charge in [0.15, 0.2) is 0 Å². The number of nitrogens with zero attached hydrogens (tertiary/aromatic N) is 2. The van der Waals surface area contributed by atoms with Crippen LogP contribution in [0.5, 0.6) is 11.6 Å². The lowest BCUT2D eigenvalue weighted by Crippen LogP contribution is -1.90. The van der Waals surface area contributed by atoms with Gasteiger partial charge in [-0.3, -0.25) is 0 Å². The maximum Gasteiger partial charge on any atom is 0.221 e. The lowest BCUT2D eigenvalue weighted by atomic mass is 10.2. The standard InChI is InChI=1S/C17H14Cl2N2OS/c1-3-14-10(2)20-17(23-14)11-8-15(19)21-16(9-11)22-13-6-4-12(18)5-7-13/h4-9H,3H2,1-2H3. The topological polar surface area (TPSA) is 35.0 Å². The Morgan fingerprint density at radius 1 is 1.09 bits per heavy atom. The molecule has 3 nitrogen and oxygen atoms in total. The maximum atomic E-state index is 6.14. The fourth-order valence-electron chi connectivity index (χ4n) is 2.15. The molecular weight excluding hydrogens is 351 g/mol. The molecule has 0 amide bonds. The number of hydrogen-bond donors (Lipinski definition) is 0. The molecule has 0 atom stereocenters. The quantitative estimate of drug-likeness (QED) is 0.518. The van der Waals surface area contributed by atoms with E-state index in [0.717, 1.165) is 22.7 Å². The van der Waals surface area contributed by atoms with E-state index >= 15 is 0 Å². The van der Waals surface area contributed by atoms with Gasteiger partial charge in [0, 0.05) is 21.5 Å². The van der Waals surface area contributed by atoms with Crippen molar-refractivity contribution in [2.75, 3.05) is 0 Å². The third kappa shape index (κ3) is 3.83. The summed E-state index contributed by atoms with van der Waals surface area (Å²) >= 11 is 13.7. The molecule has 0 bridgehead atoms. The van der Waals surface area contributed by atoms with Gasteiger partial charge in [-0.1, -0.05) is 30.1 Å². The van der Waals surface area contributed by atoms with Crippen LogP contribution in [0.3, 0.4) is 0 Å². The minimum absolute atomic E-state index is 0.373. The van der Waals surface area contributed by atoms with Crippen molar-refractivity contribution in [1.29, 1.82) is 0 Å². The van der Waals surface area contributed by atoms with Crippen molar-refractivity contribution in [3.8, 4) is 22.2 Å². The molecule has 0 unspecified atom stereocenters. The summed E-state index contributed by atoms with van der Waals surface area (Å²) in [5.41, 5.74) is 1.96. The summed E-state index contributed by atoms with van der Waals surface area (Å²) in [6.45, 7) is 4.14. The van der Waals surface area contributed by atoms with E-state index in [2.05, 4.69) is 16.9 Å². The molecule has 0 saturated carbocycles. The first-order valence-electron chi connectivity index (χ1n) is 7.13. The first-order chi connectivity index (χ1) is 11.0. The van der Waals surface area contributed by atoms with E-state index in [1.165, 1.54) is 4.88 Å². The van der Waals surface area contributed by atoms with E-state index in [-0.39, 0.29) is 0 Å². The number of halogens is 2. The summed E-state index contributed by atoms with van der Waals surface area (Å²) in [5.74, 6) is 1.08. The van der Waals surface area contributed by atoms with Crippen LogP contribution in [-0.4, -0.2) is 9.97 Å². The molecule has 0 radical (unpaired) electrons. The van der Waals surface area contributed by atoms with Gasteiger partial charge in [0.1, 0.15) is 15.9 Å². The Labute approximate surface area is 148 Å². The van der Waals surface area contributed by atoms with E-state index in [1.54, 1.807) is 41.7 Å². The Morgan fingerprint density at radius 3 is 2.48 bits per heavy atom. The number of hydrogen-bond acceptors (Lipinski definition) is 4. The van der Waals surface area contributed by atoms with Gasteiger partial charge in [0.25, 0.3) is 0 Å². The van der Waals surface area contributed by atoms with Gasteiger partial charge in [-0.05, 0) is 43.7 Å². The molecule has 0 N–H and O–H groups in total. The van der Waals surface area contributed by atoms with Crippen LogP contribution in [0.2, 0.25) is 10.2 Å². The molecule has 0 saturated heterocycles. The molecule has 6 heteroatoms. The monoisotopic (exact) mass is 364 g/mol. The molecule has 3 rings (SSSR count). The lowest BCUT2D eigenvalue weighted by Gasteiger charge is -2.06. The van der Waals surface area contributed by atoms with Gasteiger partial charge in [-0.25, -0.2) is 9.97 Å². The molecule has 0 fully saturated rings. The van der Waals surface area contributed by atoms with Crippen LogP contribution < -0.4 is 4.74 Å². The van der Waals surface area contributed by atoms with Crippen LogP contribution in [0.15, 0.2) is 36.4 Å². The molecule has 0 aliphatic heterocycles. The van der Waals surface area contributed by atoms with Crippen LogP contribution in [0.4, 0.5) is 0 Å². The fourth-order valence-corrected chi connectivity index (χ4v) is 3.47. The third-order valence-electron chi connectivity index (χ3n) is 3.27. The molecule has 2 aromatic heterocycles. The minimum Gasteiger partial charge on any atom is -0.439 e. The van der Waals surface area contributed by atoms with Crippen LogP contribution in [0.1, 0.15) is 17.5 Å². The molecule has 0 aliphatic carbocycles. The predicted octanol–water partition coefficient (Wildman–Crippen LogP) is 6.18. The summed E-state index contributed by atoms with van der Waals surface area (Å²) in [6, 6.07) is 10.7. The van der Waals surface area contributed by atoms with E-state index in [9.17, 15) is 0 Å². The van der Waals surface area contributed by atoms with Crippen molar-refractivity contribution in [3.63, 3.8) is 0 Å². The van der Waals surface area contributed by atoms with Crippen LogP contribution >= 0.6 is 34.5 Å². The van der Waals surface area contributed by atoms with Gasteiger partial charge in [-0.15, -0.1) is 11.3 Å². The zero-order valence-corrected chi connectivity index (χ0v) is 15.0. The van der Waals surface area contributed by atoms with Crippen molar-refractivity contribution < 1.29 is 4.74 Å². The normalized spacial score (nSPS) is 10.8. The van der Waals surface area contributed by atoms with Crippen molar-refractivity contribution in [1.82, 2.24) is 9.97 Å². The van der Waals surface area contributed by atoms with E-state index in [1.807, 2.05) is 13.0 Å². The molecule has 0 aliphatic rings. The van der Waals surface area contributed by atoms with Crippen LogP contribution in [-0.2, 0) is 6.42 Å². The first kappa shape index (κ1) is 16.2. The SMILES string of the molecule is CCc1sc(-c2cc(Cl)nc(Oc3ccc(Cl)cc3)c2)nc1C. The van der Waals surface area contributed by atoms with E-state index in [4.69, 9.17) is 27.9 Å². The van der Waals surface area contributed by atoms with Crippen molar-refractivity contribution in [3.05, 3.63) is 57.1 Å². The average molecular weight is 365 g/mol. The maximum absolute atomic E-state index is 6.14. The zero-order chi connectivity index (χ0) is 16.4. The van der Waals surface area contributed by atoms with Crippen molar-refractivity contribution >= 4 is 34.5 Å². The second kappa shape index (κ2) is 6.87. The Balaban J connectivity index is 1.93. The van der Waals surface area contributed by atoms with Crippen LogP contribution in [0, 0.1) is 6.92 Å². The number of rotatable bonds is 4. The van der Waals surface area contributed by atoms with Crippen molar-refractivity contribution in [2.45, 2.75) is 20.3 Å². The fraction of sp³-hybridized carbons (Fsp3) is 0.176. The third-order valence-corrected chi connectivity index (χ3v) is 5.06. The summed E-state index contributed by atoms with van der Waals surface area (Å²) in [7, 11) is 0. The molecule has 118 valence electrons. The lowest BCUT2D eigenvalue weighted by molar-refractivity contribution is 0.463. The largest absolute Gasteiger partial charge is 0.439 e. The Kier molecular flexibility index (Phi) is 4.85. The Morgan fingerprint density at radius 2 is 1.83 bits per heavy atom. The van der Waals surface area contributed by atoms with Gasteiger partial charge >= 0.3 is 0 Å². The molecular formula is C17H14Cl2N2OS. The smallest absolute Gasteiger partial charge is 0.221 e. The average Bonchev–Trinajstić information content (AvgIpc) is 2.90. The molecule has 2 heterocycles. The Bertz CT molecular complexity index is 831. The van der Waals surface area contributed by atoms with Crippen molar-refractivity contribution in [2.24, 2.45) is 0 Å².